The number of halogens is 1. The summed E-state index contributed by atoms with van der Waals surface area (Å²) >= 11 is 0. The van der Waals surface area contributed by atoms with Gasteiger partial charge in [0.15, 0.2) is 0 Å². The minimum atomic E-state index is -0.206. The molecule has 1 aromatic rings. The van der Waals surface area contributed by atoms with Gasteiger partial charge < -0.3 is 10.4 Å². The molecule has 2 nitrogen and oxygen atoms in total. The van der Waals surface area contributed by atoms with Gasteiger partial charge in [-0.3, -0.25) is 0 Å². The third kappa shape index (κ3) is 4.29. The van der Waals surface area contributed by atoms with Gasteiger partial charge in [0.25, 0.3) is 0 Å². The third-order valence-electron chi connectivity index (χ3n) is 2.70. The lowest BCUT2D eigenvalue weighted by atomic mass is 10.0. The first-order valence-corrected chi connectivity index (χ1v) is 5.72. The van der Waals surface area contributed by atoms with Crippen LogP contribution in [-0.4, -0.2) is 17.8 Å². The summed E-state index contributed by atoms with van der Waals surface area (Å²) in [4.78, 5) is 0. The van der Waals surface area contributed by atoms with E-state index in [4.69, 9.17) is 5.11 Å². The van der Waals surface area contributed by atoms with E-state index in [1.165, 1.54) is 12.1 Å². The highest BCUT2D eigenvalue weighted by atomic mass is 19.1. The molecule has 2 N–H and O–H groups in total. The van der Waals surface area contributed by atoms with Gasteiger partial charge in [0, 0.05) is 19.2 Å². The van der Waals surface area contributed by atoms with Crippen molar-refractivity contribution in [1.82, 2.24) is 5.32 Å². The Kier molecular flexibility index (Phi) is 5.43. The average Bonchev–Trinajstić information content (AvgIpc) is 2.24. The zero-order valence-corrected chi connectivity index (χ0v) is 9.91. The maximum atomic E-state index is 12.9. The van der Waals surface area contributed by atoms with Gasteiger partial charge in [-0.25, -0.2) is 4.39 Å². The summed E-state index contributed by atoms with van der Waals surface area (Å²) < 4.78 is 12.9. The van der Waals surface area contributed by atoms with Crippen LogP contribution in [-0.2, 0) is 6.54 Å². The summed E-state index contributed by atoms with van der Waals surface area (Å²) in [6.45, 7) is 5.04. The zero-order valence-electron chi connectivity index (χ0n) is 9.91. The molecule has 0 aliphatic carbocycles. The van der Waals surface area contributed by atoms with Gasteiger partial charge in [0.1, 0.15) is 5.82 Å². The molecule has 1 aromatic carbocycles. The number of benzene rings is 1. The molecule has 90 valence electrons. The van der Waals surface area contributed by atoms with Crippen molar-refractivity contribution in [3.63, 3.8) is 0 Å². The van der Waals surface area contributed by atoms with Crippen LogP contribution < -0.4 is 5.32 Å². The van der Waals surface area contributed by atoms with E-state index in [1.54, 1.807) is 6.07 Å². The van der Waals surface area contributed by atoms with Gasteiger partial charge in [-0.15, -0.1) is 0 Å². The predicted octanol–water partition coefficient (Wildman–Crippen LogP) is 2.32. The van der Waals surface area contributed by atoms with Gasteiger partial charge in [0.2, 0.25) is 0 Å². The number of aliphatic hydroxyl groups excluding tert-OH is 1. The summed E-state index contributed by atoms with van der Waals surface area (Å²) in [6, 6.07) is 6.85. The van der Waals surface area contributed by atoms with E-state index in [0.717, 1.165) is 12.0 Å². The Hall–Kier alpha value is -0.930. The molecule has 1 unspecified atom stereocenters. The molecule has 0 heterocycles. The Bertz CT molecular complexity index is 315. The smallest absolute Gasteiger partial charge is 0.123 e. The standard InChI is InChI=1S/C13H20FNO/c1-10(2)13(6-7-16)15-9-11-4-3-5-12(14)8-11/h3-5,8,10,13,15-16H,6-7,9H2,1-2H3. The Morgan fingerprint density at radius 1 is 1.38 bits per heavy atom. The highest BCUT2D eigenvalue weighted by molar-refractivity contribution is 5.16. The largest absolute Gasteiger partial charge is 0.396 e. The van der Waals surface area contributed by atoms with Crippen LogP contribution in [0.15, 0.2) is 24.3 Å². The fraction of sp³-hybridized carbons (Fsp3) is 0.538. The minimum Gasteiger partial charge on any atom is -0.396 e. The summed E-state index contributed by atoms with van der Waals surface area (Å²) in [6.07, 6.45) is 0.729. The minimum absolute atomic E-state index is 0.180. The number of aliphatic hydroxyl groups is 1. The average molecular weight is 225 g/mol. The van der Waals surface area contributed by atoms with Crippen LogP contribution in [0, 0.1) is 11.7 Å². The molecule has 1 rings (SSSR count). The number of hydrogen-bond donors (Lipinski definition) is 2. The van der Waals surface area contributed by atoms with Crippen LogP contribution in [0.3, 0.4) is 0 Å². The molecule has 0 bridgehead atoms. The molecule has 0 spiro atoms. The van der Waals surface area contributed by atoms with Gasteiger partial charge >= 0.3 is 0 Å². The lowest BCUT2D eigenvalue weighted by Gasteiger charge is -2.21. The molecule has 1 atom stereocenters. The molecule has 0 fully saturated rings. The van der Waals surface area contributed by atoms with Crippen molar-refractivity contribution in [2.45, 2.75) is 32.9 Å². The molecular weight excluding hydrogens is 205 g/mol. The van der Waals surface area contributed by atoms with Crippen LogP contribution in [0.25, 0.3) is 0 Å². The molecule has 0 aliphatic rings. The van der Waals surface area contributed by atoms with Crippen molar-refractivity contribution in [3.8, 4) is 0 Å². The lowest BCUT2D eigenvalue weighted by molar-refractivity contribution is 0.244. The predicted molar refractivity (Wildman–Crippen MR) is 63.6 cm³/mol. The fourth-order valence-electron chi connectivity index (χ4n) is 1.71. The van der Waals surface area contributed by atoms with Crippen LogP contribution in [0.1, 0.15) is 25.8 Å². The summed E-state index contributed by atoms with van der Waals surface area (Å²) in [5.41, 5.74) is 0.934. The monoisotopic (exact) mass is 225 g/mol. The van der Waals surface area contributed by atoms with E-state index in [9.17, 15) is 4.39 Å². The van der Waals surface area contributed by atoms with Crippen molar-refractivity contribution >= 4 is 0 Å². The SMILES string of the molecule is CC(C)C(CCO)NCc1cccc(F)c1. The van der Waals surface area contributed by atoms with Gasteiger partial charge in [-0.05, 0) is 30.0 Å². The Balaban J connectivity index is 2.48. The summed E-state index contributed by atoms with van der Waals surface area (Å²) in [7, 11) is 0. The second-order valence-corrected chi connectivity index (χ2v) is 4.37. The maximum Gasteiger partial charge on any atom is 0.123 e. The molecule has 0 saturated heterocycles. The van der Waals surface area contributed by atoms with Gasteiger partial charge in [0.05, 0.1) is 0 Å². The first kappa shape index (κ1) is 13.1. The van der Waals surface area contributed by atoms with Crippen molar-refractivity contribution < 1.29 is 9.50 Å². The number of hydrogen-bond acceptors (Lipinski definition) is 2. The zero-order chi connectivity index (χ0) is 12.0. The second kappa shape index (κ2) is 6.61. The molecule has 0 amide bonds. The first-order chi connectivity index (χ1) is 7.63. The van der Waals surface area contributed by atoms with E-state index < -0.39 is 0 Å². The normalized spacial score (nSPS) is 13.1. The highest BCUT2D eigenvalue weighted by Gasteiger charge is 2.11. The van der Waals surface area contributed by atoms with Gasteiger partial charge in [-0.2, -0.15) is 0 Å². The van der Waals surface area contributed by atoms with Crippen molar-refractivity contribution in [2.24, 2.45) is 5.92 Å². The van der Waals surface area contributed by atoms with E-state index >= 15 is 0 Å². The highest BCUT2D eigenvalue weighted by Crippen LogP contribution is 2.08. The molecule has 0 aromatic heterocycles. The van der Waals surface area contributed by atoms with Crippen molar-refractivity contribution in [2.75, 3.05) is 6.61 Å². The van der Waals surface area contributed by atoms with Crippen molar-refractivity contribution in [1.29, 1.82) is 0 Å². The van der Waals surface area contributed by atoms with Crippen LogP contribution in [0.2, 0.25) is 0 Å². The van der Waals surface area contributed by atoms with E-state index in [-0.39, 0.29) is 18.5 Å². The number of rotatable bonds is 6. The Morgan fingerprint density at radius 3 is 2.69 bits per heavy atom. The summed E-state index contributed by atoms with van der Waals surface area (Å²) in [5, 5.41) is 12.3. The Labute approximate surface area is 96.5 Å². The lowest BCUT2D eigenvalue weighted by Crippen LogP contribution is -2.34. The topological polar surface area (TPSA) is 32.3 Å². The molecule has 0 radical (unpaired) electrons. The van der Waals surface area contributed by atoms with Crippen LogP contribution in [0.5, 0.6) is 0 Å². The van der Waals surface area contributed by atoms with Gasteiger partial charge in [-0.1, -0.05) is 26.0 Å². The first-order valence-electron chi connectivity index (χ1n) is 5.72. The Morgan fingerprint density at radius 2 is 2.12 bits per heavy atom. The second-order valence-electron chi connectivity index (χ2n) is 4.37. The third-order valence-corrected chi connectivity index (χ3v) is 2.70. The van der Waals surface area contributed by atoms with E-state index in [0.29, 0.717) is 12.5 Å². The number of nitrogens with one attached hydrogen (secondary N) is 1. The molecule has 0 saturated carbocycles. The summed E-state index contributed by atoms with van der Waals surface area (Å²) in [5.74, 6) is 0.253. The molecule has 16 heavy (non-hydrogen) atoms. The van der Waals surface area contributed by atoms with Crippen LogP contribution in [0.4, 0.5) is 4.39 Å². The van der Waals surface area contributed by atoms with Crippen LogP contribution >= 0.6 is 0 Å². The molecular formula is C13H20FNO. The molecule has 3 heteroatoms. The van der Waals surface area contributed by atoms with Crippen molar-refractivity contribution in [3.05, 3.63) is 35.6 Å². The van der Waals surface area contributed by atoms with E-state index in [2.05, 4.69) is 19.2 Å². The molecule has 0 aliphatic heterocycles. The van der Waals surface area contributed by atoms with E-state index in [1.807, 2.05) is 6.07 Å². The quantitative estimate of drug-likeness (QED) is 0.778. The maximum absolute atomic E-state index is 12.9. The fourth-order valence-corrected chi connectivity index (χ4v) is 1.71.